The number of rotatable bonds is 5. The lowest BCUT2D eigenvalue weighted by atomic mass is 10.2. The topological polar surface area (TPSA) is 97.6 Å². The second kappa shape index (κ2) is 7.25. The fraction of sp³-hybridized carbons (Fsp3) is 0.200. The maximum atomic E-state index is 12.6. The predicted molar refractivity (Wildman–Crippen MR) is 86.4 cm³/mol. The molecule has 26 heavy (non-hydrogen) atoms. The number of nitrogens with one attached hydrogen (secondary N) is 1. The molecule has 0 fully saturated rings. The molecule has 1 aromatic heterocycles. The van der Waals surface area contributed by atoms with Crippen LogP contribution in [0, 0.1) is 10.1 Å². The van der Waals surface area contributed by atoms with Gasteiger partial charge in [-0.1, -0.05) is 0 Å². The number of amides is 1. The molecule has 0 spiro atoms. The van der Waals surface area contributed by atoms with Crippen LogP contribution < -0.4 is 15.0 Å². The molecule has 0 saturated carbocycles. The Bertz CT molecular complexity index is 842. The number of nitro benzene ring substituents is 1. The largest absolute Gasteiger partial charge is 0.471 e. The van der Waals surface area contributed by atoms with Crippen LogP contribution >= 0.6 is 0 Å². The van der Waals surface area contributed by atoms with Gasteiger partial charge >= 0.3 is 12.1 Å². The van der Waals surface area contributed by atoms with Crippen molar-refractivity contribution < 1.29 is 27.6 Å². The summed E-state index contributed by atoms with van der Waals surface area (Å²) in [7, 11) is 2.44. The molecule has 0 aliphatic heterocycles. The maximum absolute atomic E-state index is 12.6. The van der Waals surface area contributed by atoms with E-state index in [1.54, 1.807) is 7.05 Å². The minimum Gasteiger partial charge on any atom is -0.457 e. The number of carbonyl (C=O) groups is 1. The number of nitro groups is 1. The van der Waals surface area contributed by atoms with Crippen molar-refractivity contribution in [3.05, 3.63) is 46.6 Å². The van der Waals surface area contributed by atoms with Gasteiger partial charge in [0.15, 0.2) is 0 Å². The van der Waals surface area contributed by atoms with E-state index in [2.05, 4.69) is 10.3 Å². The van der Waals surface area contributed by atoms with Crippen molar-refractivity contribution >= 4 is 23.1 Å². The third kappa shape index (κ3) is 4.18. The molecule has 2 aromatic rings. The van der Waals surface area contributed by atoms with E-state index in [1.165, 1.54) is 24.4 Å². The second-order valence-corrected chi connectivity index (χ2v) is 5.00. The standard InChI is InChI=1S/C15H13F3N4O4/c1-19-13-8-10(5-6-20-13)26-9-3-4-11(12(7-9)22(24)25)21(2)14(23)15(16,17)18/h3-8H,1-2H3,(H,19,20). The van der Waals surface area contributed by atoms with E-state index < -0.39 is 28.4 Å². The average Bonchev–Trinajstić information content (AvgIpc) is 2.59. The first-order valence-corrected chi connectivity index (χ1v) is 7.08. The molecule has 2 rings (SSSR count). The molecular weight excluding hydrogens is 357 g/mol. The van der Waals surface area contributed by atoms with Crippen molar-refractivity contribution in [3.63, 3.8) is 0 Å². The Morgan fingerprint density at radius 2 is 1.92 bits per heavy atom. The quantitative estimate of drug-likeness (QED) is 0.640. The van der Waals surface area contributed by atoms with Crippen LogP contribution in [-0.2, 0) is 4.79 Å². The van der Waals surface area contributed by atoms with Gasteiger partial charge in [0, 0.05) is 26.4 Å². The summed E-state index contributed by atoms with van der Waals surface area (Å²) in [5, 5.41) is 14.0. The molecule has 0 bridgehead atoms. The third-order valence-corrected chi connectivity index (χ3v) is 3.28. The molecule has 1 N–H and O–H groups in total. The fourth-order valence-electron chi connectivity index (χ4n) is 2.04. The molecule has 8 nitrogen and oxygen atoms in total. The first-order valence-electron chi connectivity index (χ1n) is 7.08. The van der Waals surface area contributed by atoms with E-state index in [0.29, 0.717) is 11.6 Å². The zero-order valence-electron chi connectivity index (χ0n) is 13.6. The van der Waals surface area contributed by atoms with Crippen LogP contribution in [0.25, 0.3) is 0 Å². The summed E-state index contributed by atoms with van der Waals surface area (Å²) in [6.07, 6.45) is -3.71. The summed E-state index contributed by atoms with van der Waals surface area (Å²) in [5.41, 5.74) is -1.21. The predicted octanol–water partition coefficient (Wildman–Crippen LogP) is 3.35. The molecule has 0 saturated heterocycles. The first kappa shape index (κ1) is 19.0. The molecular formula is C15H13F3N4O4. The van der Waals surface area contributed by atoms with Crippen molar-refractivity contribution in [3.8, 4) is 11.5 Å². The van der Waals surface area contributed by atoms with Gasteiger partial charge in [-0.2, -0.15) is 13.2 Å². The lowest BCUT2D eigenvalue weighted by Crippen LogP contribution is -2.38. The zero-order chi connectivity index (χ0) is 19.5. The summed E-state index contributed by atoms with van der Waals surface area (Å²) < 4.78 is 43.1. The van der Waals surface area contributed by atoms with E-state index in [-0.39, 0.29) is 10.6 Å². The first-order chi connectivity index (χ1) is 12.1. The summed E-state index contributed by atoms with van der Waals surface area (Å²) in [6.45, 7) is 0. The number of hydrogen-bond acceptors (Lipinski definition) is 6. The van der Waals surface area contributed by atoms with Crippen molar-refractivity contribution in [1.82, 2.24) is 4.98 Å². The number of aromatic nitrogens is 1. The number of alkyl halides is 3. The number of halogens is 3. The van der Waals surface area contributed by atoms with Gasteiger partial charge in [-0.3, -0.25) is 14.9 Å². The van der Waals surface area contributed by atoms with Gasteiger partial charge in [-0.05, 0) is 18.2 Å². The number of ether oxygens (including phenoxy) is 1. The van der Waals surface area contributed by atoms with Gasteiger partial charge in [0.05, 0.1) is 11.0 Å². The molecule has 0 atom stereocenters. The Balaban J connectivity index is 2.36. The number of hydrogen-bond donors (Lipinski definition) is 1. The smallest absolute Gasteiger partial charge is 0.457 e. The van der Waals surface area contributed by atoms with Crippen molar-refractivity contribution in [2.24, 2.45) is 0 Å². The lowest BCUT2D eigenvalue weighted by Gasteiger charge is -2.19. The van der Waals surface area contributed by atoms with Gasteiger partial charge in [0.1, 0.15) is 23.0 Å². The Morgan fingerprint density at radius 1 is 1.27 bits per heavy atom. The van der Waals surface area contributed by atoms with Gasteiger partial charge < -0.3 is 15.0 Å². The van der Waals surface area contributed by atoms with Crippen molar-refractivity contribution in [2.75, 3.05) is 24.3 Å². The summed E-state index contributed by atoms with van der Waals surface area (Å²) >= 11 is 0. The van der Waals surface area contributed by atoms with Crippen LogP contribution in [0.5, 0.6) is 11.5 Å². The van der Waals surface area contributed by atoms with E-state index >= 15 is 0 Å². The molecule has 0 unspecified atom stereocenters. The van der Waals surface area contributed by atoms with Gasteiger partial charge in [0.25, 0.3) is 5.69 Å². The highest BCUT2D eigenvalue weighted by Crippen LogP contribution is 2.35. The summed E-state index contributed by atoms with van der Waals surface area (Å²) in [6, 6.07) is 6.20. The highest BCUT2D eigenvalue weighted by atomic mass is 19.4. The van der Waals surface area contributed by atoms with Crippen LogP contribution in [-0.4, -0.2) is 36.1 Å². The summed E-state index contributed by atoms with van der Waals surface area (Å²) in [5.74, 6) is -1.40. The molecule has 1 amide bonds. The minimum absolute atomic E-state index is 0.0153. The Morgan fingerprint density at radius 3 is 2.50 bits per heavy atom. The highest BCUT2D eigenvalue weighted by molar-refractivity contribution is 5.98. The maximum Gasteiger partial charge on any atom is 0.471 e. The highest BCUT2D eigenvalue weighted by Gasteiger charge is 2.43. The summed E-state index contributed by atoms with van der Waals surface area (Å²) in [4.78, 5) is 25.8. The molecule has 1 heterocycles. The van der Waals surface area contributed by atoms with E-state index in [1.807, 2.05) is 0 Å². The van der Waals surface area contributed by atoms with Gasteiger partial charge in [-0.15, -0.1) is 0 Å². The molecule has 11 heteroatoms. The van der Waals surface area contributed by atoms with E-state index in [0.717, 1.165) is 19.2 Å². The average molecular weight is 370 g/mol. The van der Waals surface area contributed by atoms with Crippen LogP contribution in [0.15, 0.2) is 36.5 Å². The zero-order valence-corrected chi connectivity index (χ0v) is 13.6. The minimum atomic E-state index is -5.15. The number of carbonyl (C=O) groups excluding carboxylic acids is 1. The second-order valence-electron chi connectivity index (χ2n) is 5.00. The van der Waals surface area contributed by atoms with Crippen LogP contribution in [0.4, 0.5) is 30.4 Å². The lowest BCUT2D eigenvalue weighted by molar-refractivity contribution is -0.384. The van der Waals surface area contributed by atoms with Crippen molar-refractivity contribution in [1.29, 1.82) is 0 Å². The van der Waals surface area contributed by atoms with Gasteiger partial charge in [-0.25, -0.2) is 4.98 Å². The van der Waals surface area contributed by atoms with Crippen LogP contribution in [0.3, 0.4) is 0 Å². The number of benzene rings is 1. The number of nitrogens with zero attached hydrogens (tertiary/aromatic N) is 3. The normalized spacial score (nSPS) is 11.0. The van der Waals surface area contributed by atoms with Crippen LogP contribution in [0.2, 0.25) is 0 Å². The molecule has 0 radical (unpaired) electrons. The SMILES string of the molecule is CNc1cc(Oc2ccc(N(C)C(=O)C(F)(F)F)c([N+](=O)[O-])c2)ccn1. The fourth-order valence-corrected chi connectivity index (χ4v) is 2.04. The molecule has 0 aliphatic carbocycles. The monoisotopic (exact) mass is 370 g/mol. The van der Waals surface area contributed by atoms with E-state index in [4.69, 9.17) is 4.74 Å². The molecule has 138 valence electrons. The Kier molecular flexibility index (Phi) is 5.29. The number of anilines is 2. The molecule has 1 aromatic carbocycles. The Labute approximate surface area is 145 Å². The third-order valence-electron chi connectivity index (χ3n) is 3.28. The Hall–Kier alpha value is -3.37. The van der Waals surface area contributed by atoms with Crippen molar-refractivity contribution in [2.45, 2.75) is 6.18 Å². The number of pyridine rings is 1. The van der Waals surface area contributed by atoms with Crippen LogP contribution in [0.1, 0.15) is 0 Å². The molecule has 0 aliphatic rings. The van der Waals surface area contributed by atoms with Gasteiger partial charge in [0.2, 0.25) is 0 Å². The van der Waals surface area contributed by atoms with E-state index in [9.17, 15) is 28.1 Å².